The van der Waals surface area contributed by atoms with Crippen LogP contribution in [0.25, 0.3) is 0 Å². The molecule has 0 spiro atoms. The highest BCUT2D eigenvalue weighted by Gasteiger charge is 2.45. The van der Waals surface area contributed by atoms with Crippen molar-refractivity contribution in [1.29, 1.82) is 0 Å². The first kappa shape index (κ1) is 14.3. The summed E-state index contributed by atoms with van der Waals surface area (Å²) in [6.07, 6.45) is -0.319. The summed E-state index contributed by atoms with van der Waals surface area (Å²) in [4.78, 5) is 13.8. The average molecular weight is 244 g/mol. The SMILES string of the molecule is CNC[C@@H]1COC(C)(C)N1C(=O)OC(C)(C)C. The summed E-state index contributed by atoms with van der Waals surface area (Å²) in [5.41, 5.74) is -1.09. The number of carbonyl (C=O) groups excluding carboxylic acids is 1. The Hall–Kier alpha value is -0.810. The van der Waals surface area contributed by atoms with Gasteiger partial charge in [-0.25, -0.2) is 4.79 Å². The Labute approximate surface area is 103 Å². The fourth-order valence-electron chi connectivity index (χ4n) is 1.95. The largest absolute Gasteiger partial charge is 0.444 e. The minimum atomic E-state index is -0.607. The molecule has 1 amide bonds. The van der Waals surface area contributed by atoms with Crippen LogP contribution in [0.2, 0.25) is 0 Å². The molecule has 0 aromatic heterocycles. The highest BCUT2D eigenvalue weighted by molar-refractivity contribution is 5.69. The number of nitrogens with one attached hydrogen (secondary N) is 1. The lowest BCUT2D eigenvalue weighted by Crippen LogP contribution is -2.52. The average Bonchev–Trinajstić information content (AvgIpc) is 2.39. The van der Waals surface area contributed by atoms with Gasteiger partial charge in [-0.15, -0.1) is 0 Å². The normalized spacial score (nSPS) is 23.9. The molecule has 0 aliphatic carbocycles. The molecule has 0 unspecified atom stereocenters. The van der Waals surface area contributed by atoms with Crippen LogP contribution in [0.3, 0.4) is 0 Å². The monoisotopic (exact) mass is 244 g/mol. The van der Waals surface area contributed by atoms with Crippen LogP contribution in [0.1, 0.15) is 34.6 Å². The first-order chi connectivity index (χ1) is 7.67. The lowest BCUT2D eigenvalue weighted by Gasteiger charge is -2.35. The molecule has 1 saturated heterocycles. The molecular formula is C12H24N2O3. The van der Waals surface area contributed by atoms with Crippen molar-refractivity contribution in [1.82, 2.24) is 10.2 Å². The van der Waals surface area contributed by atoms with E-state index in [0.717, 1.165) is 0 Å². The second kappa shape index (κ2) is 4.82. The minimum Gasteiger partial charge on any atom is -0.444 e. The summed E-state index contributed by atoms with van der Waals surface area (Å²) in [5, 5.41) is 3.07. The third kappa shape index (κ3) is 3.57. The maximum atomic E-state index is 12.2. The van der Waals surface area contributed by atoms with E-state index >= 15 is 0 Å². The molecule has 0 bridgehead atoms. The Balaban J connectivity index is 2.79. The maximum Gasteiger partial charge on any atom is 0.412 e. The molecule has 1 atom stereocenters. The number of hydrogen-bond acceptors (Lipinski definition) is 4. The Morgan fingerprint density at radius 3 is 2.59 bits per heavy atom. The van der Waals surface area contributed by atoms with Gasteiger partial charge in [-0.05, 0) is 41.7 Å². The number of carbonyl (C=O) groups is 1. The Bertz CT molecular complexity index is 284. The molecule has 0 radical (unpaired) electrons. The van der Waals surface area contributed by atoms with E-state index in [4.69, 9.17) is 9.47 Å². The van der Waals surface area contributed by atoms with E-state index in [0.29, 0.717) is 13.2 Å². The van der Waals surface area contributed by atoms with E-state index in [9.17, 15) is 4.79 Å². The number of amides is 1. The summed E-state index contributed by atoms with van der Waals surface area (Å²) in [6, 6.07) is 0.0184. The molecule has 1 N–H and O–H groups in total. The van der Waals surface area contributed by atoms with Gasteiger partial charge < -0.3 is 14.8 Å². The number of rotatable bonds is 2. The molecule has 5 nitrogen and oxygen atoms in total. The fraction of sp³-hybridized carbons (Fsp3) is 0.917. The second-order valence-electron chi connectivity index (χ2n) is 5.82. The van der Waals surface area contributed by atoms with Gasteiger partial charge in [-0.2, -0.15) is 0 Å². The van der Waals surface area contributed by atoms with Crippen molar-refractivity contribution in [3.8, 4) is 0 Å². The Morgan fingerprint density at radius 2 is 2.12 bits per heavy atom. The van der Waals surface area contributed by atoms with Crippen molar-refractivity contribution < 1.29 is 14.3 Å². The van der Waals surface area contributed by atoms with Gasteiger partial charge in [-0.1, -0.05) is 0 Å². The number of nitrogens with zero attached hydrogens (tertiary/aromatic N) is 1. The van der Waals surface area contributed by atoms with Crippen LogP contribution in [0.4, 0.5) is 4.79 Å². The molecule has 1 rings (SSSR count). The minimum absolute atomic E-state index is 0.0184. The molecule has 0 saturated carbocycles. The van der Waals surface area contributed by atoms with Gasteiger partial charge in [0, 0.05) is 6.54 Å². The quantitative estimate of drug-likeness (QED) is 0.801. The van der Waals surface area contributed by atoms with Gasteiger partial charge >= 0.3 is 6.09 Å². The zero-order chi connectivity index (χ0) is 13.3. The van der Waals surface area contributed by atoms with E-state index in [1.54, 1.807) is 4.90 Å². The maximum absolute atomic E-state index is 12.2. The Kier molecular flexibility index (Phi) is 4.04. The van der Waals surface area contributed by atoms with Crippen molar-refractivity contribution in [2.45, 2.75) is 52.0 Å². The summed E-state index contributed by atoms with van der Waals surface area (Å²) >= 11 is 0. The van der Waals surface area contributed by atoms with Gasteiger partial charge in [0.1, 0.15) is 11.3 Å². The molecule has 1 aliphatic heterocycles. The lowest BCUT2D eigenvalue weighted by atomic mass is 10.2. The van der Waals surface area contributed by atoms with Crippen LogP contribution in [-0.4, -0.2) is 48.6 Å². The lowest BCUT2D eigenvalue weighted by molar-refractivity contribution is -0.0623. The molecule has 5 heteroatoms. The molecule has 0 aromatic carbocycles. The van der Waals surface area contributed by atoms with Gasteiger partial charge in [0.25, 0.3) is 0 Å². The van der Waals surface area contributed by atoms with Crippen molar-refractivity contribution in [3.05, 3.63) is 0 Å². The molecule has 1 aliphatic rings. The Morgan fingerprint density at radius 1 is 1.53 bits per heavy atom. The fourth-order valence-corrected chi connectivity index (χ4v) is 1.95. The second-order valence-corrected chi connectivity index (χ2v) is 5.82. The third-order valence-corrected chi connectivity index (χ3v) is 2.60. The van der Waals surface area contributed by atoms with Crippen LogP contribution in [0, 0.1) is 0 Å². The molecule has 1 fully saturated rings. The van der Waals surface area contributed by atoms with Gasteiger partial charge in [0.2, 0.25) is 0 Å². The van der Waals surface area contributed by atoms with Gasteiger partial charge in [-0.3, -0.25) is 4.90 Å². The number of hydrogen-bond donors (Lipinski definition) is 1. The van der Waals surface area contributed by atoms with E-state index in [-0.39, 0.29) is 12.1 Å². The van der Waals surface area contributed by atoms with E-state index in [1.807, 2.05) is 41.7 Å². The highest BCUT2D eigenvalue weighted by Crippen LogP contribution is 2.28. The smallest absolute Gasteiger partial charge is 0.412 e. The molecule has 17 heavy (non-hydrogen) atoms. The topological polar surface area (TPSA) is 50.8 Å². The summed E-state index contributed by atoms with van der Waals surface area (Å²) in [6.45, 7) is 10.6. The van der Waals surface area contributed by atoms with Crippen LogP contribution in [0.5, 0.6) is 0 Å². The predicted molar refractivity (Wildman–Crippen MR) is 65.8 cm³/mol. The van der Waals surface area contributed by atoms with E-state index < -0.39 is 11.3 Å². The predicted octanol–water partition coefficient (Wildman–Crippen LogP) is 1.58. The van der Waals surface area contributed by atoms with Crippen molar-refractivity contribution in [2.75, 3.05) is 20.2 Å². The van der Waals surface area contributed by atoms with Crippen molar-refractivity contribution in [3.63, 3.8) is 0 Å². The zero-order valence-corrected chi connectivity index (χ0v) is 11.7. The first-order valence-electron chi connectivity index (χ1n) is 5.98. The van der Waals surface area contributed by atoms with Crippen LogP contribution in [0.15, 0.2) is 0 Å². The van der Waals surface area contributed by atoms with E-state index in [1.165, 1.54) is 0 Å². The van der Waals surface area contributed by atoms with Crippen molar-refractivity contribution >= 4 is 6.09 Å². The van der Waals surface area contributed by atoms with Crippen molar-refractivity contribution in [2.24, 2.45) is 0 Å². The summed E-state index contributed by atoms with van der Waals surface area (Å²) in [7, 11) is 1.86. The highest BCUT2D eigenvalue weighted by atomic mass is 16.6. The number of ether oxygens (including phenoxy) is 2. The number of likely N-dealkylation sites (N-methyl/N-ethyl adjacent to an activating group) is 1. The van der Waals surface area contributed by atoms with E-state index in [2.05, 4.69) is 5.32 Å². The molecular weight excluding hydrogens is 220 g/mol. The summed E-state index contributed by atoms with van der Waals surface area (Å²) < 4.78 is 11.1. The summed E-state index contributed by atoms with van der Waals surface area (Å²) in [5.74, 6) is 0. The molecule has 100 valence electrons. The first-order valence-corrected chi connectivity index (χ1v) is 5.98. The van der Waals surface area contributed by atoms with Crippen LogP contribution >= 0.6 is 0 Å². The van der Waals surface area contributed by atoms with Crippen LogP contribution in [-0.2, 0) is 9.47 Å². The molecule has 1 heterocycles. The zero-order valence-electron chi connectivity index (χ0n) is 11.7. The van der Waals surface area contributed by atoms with Gasteiger partial charge in [0.05, 0.1) is 12.6 Å². The molecule has 0 aromatic rings. The van der Waals surface area contributed by atoms with Crippen LogP contribution < -0.4 is 5.32 Å². The standard InChI is InChI=1S/C12H24N2O3/c1-11(2,3)17-10(15)14-9(7-13-6)8-16-12(14,4)5/h9,13H,7-8H2,1-6H3/t9-/m1/s1. The van der Waals surface area contributed by atoms with Gasteiger partial charge in [0.15, 0.2) is 0 Å². The third-order valence-electron chi connectivity index (χ3n) is 2.60.